The number of aromatic nitrogens is 1. The van der Waals surface area contributed by atoms with Crippen molar-refractivity contribution >= 4 is 5.69 Å². The third-order valence-electron chi connectivity index (χ3n) is 2.82. The molecule has 1 aromatic heterocycles. The molecular formula is C13H23N3O2. The first-order valence-corrected chi connectivity index (χ1v) is 6.12. The number of rotatable bonds is 8. The van der Waals surface area contributed by atoms with Gasteiger partial charge in [-0.25, -0.2) is 0 Å². The zero-order chi connectivity index (χ0) is 13.4. The Labute approximate surface area is 109 Å². The third kappa shape index (κ3) is 4.25. The number of methoxy groups -OCH3 is 2. The van der Waals surface area contributed by atoms with Crippen LogP contribution in [-0.4, -0.2) is 45.0 Å². The summed E-state index contributed by atoms with van der Waals surface area (Å²) in [6.07, 6.45) is 1.79. The van der Waals surface area contributed by atoms with Gasteiger partial charge in [-0.15, -0.1) is 0 Å². The van der Waals surface area contributed by atoms with Crippen LogP contribution in [0.1, 0.15) is 12.6 Å². The van der Waals surface area contributed by atoms with E-state index >= 15 is 0 Å². The number of nitrogens with zero attached hydrogens (tertiary/aromatic N) is 2. The second-order valence-corrected chi connectivity index (χ2v) is 4.20. The second kappa shape index (κ2) is 8.02. The van der Waals surface area contributed by atoms with Gasteiger partial charge in [-0.1, -0.05) is 0 Å². The van der Waals surface area contributed by atoms with Gasteiger partial charge in [0.2, 0.25) is 0 Å². The first-order valence-electron chi connectivity index (χ1n) is 6.12. The third-order valence-corrected chi connectivity index (χ3v) is 2.82. The summed E-state index contributed by atoms with van der Waals surface area (Å²) in [7, 11) is 3.42. The van der Waals surface area contributed by atoms with Crippen LogP contribution in [0.2, 0.25) is 0 Å². The maximum absolute atomic E-state index is 5.62. The summed E-state index contributed by atoms with van der Waals surface area (Å²) in [6.45, 7) is 4.74. The Balaban J connectivity index is 2.85. The molecule has 0 saturated heterocycles. The first-order chi connectivity index (χ1) is 8.72. The predicted molar refractivity (Wildman–Crippen MR) is 72.7 cm³/mol. The number of pyridine rings is 1. The normalized spacial score (nSPS) is 12.4. The minimum absolute atomic E-state index is 0.276. The van der Waals surface area contributed by atoms with Crippen molar-refractivity contribution < 1.29 is 9.47 Å². The summed E-state index contributed by atoms with van der Waals surface area (Å²) in [5.41, 5.74) is 7.62. The lowest BCUT2D eigenvalue weighted by Gasteiger charge is -2.31. The van der Waals surface area contributed by atoms with Crippen molar-refractivity contribution in [2.24, 2.45) is 5.73 Å². The fourth-order valence-corrected chi connectivity index (χ4v) is 1.88. The maximum Gasteiger partial charge on any atom is 0.0663 e. The van der Waals surface area contributed by atoms with E-state index in [1.807, 2.05) is 12.1 Å². The van der Waals surface area contributed by atoms with Crippen LogP contribution in [0.4, 0.5) is 5.69 Å². The summed E-state index contributed by atoms with van der Waals surface area (Å²) in [5.74, 6) is 0. The molecule has 1 atom stereocenters. The largest absolute Gasteiger partial charge is 0.383 e. The van der Waals surface area contributed by atoms with Crippen LogP contribution in [0.15, 0.2) is 18.3 Å². The van der Waals surface area contributed by atoms with E-state index in [4.69, 9.17) is 15.2 Å². The Kier molecular flexibility index (Phi) is 6.64. The van der Waals surface area contributed by atoms with Crippen LogP contribution < -0.4 is 10.6 Å². The molecule has 0 aliphatic carbocycles. The van der Waals surface area contributed by atoms with Crippen molar-refractivity contribution in [2.75, 3.05) is 38.9 Å². The number of hydrogen-bond donors (Lipinski definition) is 1. The number of ether oxygens (including phenoxy) is 2. The standard InChI is InChI=1S/C13H23N3O2/c1-11(10-18-3)16(6-7-17-2)13-4-5-15-12(8-13)9-14/h4-5,8,11H,6-7,9-10,14H2,1-3H3. The van der Waals surface area contributed by atoms with Crippen molar-refractivity contribution in [3.63, 3.8) is 0 Å². The summed E-state index contributed by atoms with van der Waals surface area (Å²) in [6, 6.07) is 4.28. The Morgan fingerprint density at radius 3 is 2.78 bits per heavy atom. The molecule has 0 fully saturated rings. The average molecular weight is 253 g/mol. The highest BCUT2D eigenvalue weighted by molar-refractivity contribution is 5.47. The van der Waals surface area contributed by atoms with Gasteiger partial charge in [-0.05, 0) is 19.1 Å². The highest BCUT2D eigenvalue weighted by Gasteiger charge is 2.14. The van der Waals surface area contributed by atoms with Gasteiger partial charge >= 0.3 is 0 Å². The second-order valence-electron chi connectivity index (χ2n) is 4.20. The molecule has 102 valence electrons. The summed E-state index contributed by atoms with van der Waals surface area (Å²) < 4.78 is 10.4. The minimum Gasteiger partial charge on any atom is -0.383 e. The van der Waals surface area contributed by atoms with E-state index < -0.39 is 0 Å². The van der Waals surface area contributed by atoms with E-state index in [-0.39, 0.29) is 6.04 Å². The van der Waals surface area contributed by atoms with Gasteiger partial charge in [-0.3, -0.25) is 4.98 Å². The quantitative estimate of drug-likeness (QED) is 0.749. The predicted octanol–water partition coefficient (Wildman–Crippen LogP) is 1.03. The number of hydrogen-bond acceptors (Lipinski definition) is 5. The fraction of sp³-hybridized carbons (Fsp3) is 0.615. The molecule has 0 bridgehead atoms. The molecule has 1 unspecified atom stereocenters. The van der Waals surface area contributed by atoms with Crippen molar-refractivity contribution in [1.29, 1.82) is 0 Å². The summed E-state index contributed by atoms with van der Waals surface area (Å²) in [5, 5.41) is 0. The minimum atomic E-state index is 0.276. The first kappa shape index (κ1) is 14.9. The van der Waals surface area contributed by atoms with Gasteiger partial charge in [-0.2, -0.15) is 0 Å². The molecule has 2 N–H and O–H groups in total. The molecule has 0 saturated carbocycles. The Hall–Kier alpha value is -1.17. The van der Waals surface area contributed by atoms with Gasteiger partial charge in [0.25, 0.3) is 0 Å². The lowest BCUT2D eigenvalue weighted by Crippen LogP contribution is -2.38. The summed E-state index contributed by atoms with van der Waals surface area (Å²) >= 11 is 0. The van der Waals surface area contributed by atoms with Crippen LogP contribution in [0.25, 0.3) is 0 Å². The SMILES string of the molecule is COCCN(c1ccnc(CN)c1)C(C)COC. The lowest BCUT2D eigenvalue weighted by atomic mass is 10.2. The number of anilines is 1. The molecule has 0 radical (unpaired) electrons. The van der Waals surface area contributed by atoms with Crippen LogP contribution in [-0.2, 0) is 16.0 Å². The average Bonchev–Trinajstić information content (AvgIpc) is 2.40. The zero-order valence-corrected chi connectivity index (χ0v) is 11.4. The Morgan fingerprint density at radius 2 is 2.17 bits per heavy atom. The topological polar surface area (TPSA) is 60.6 Å². The monoisotopic (exact) mass is 253 g/mol. The maximum atomic E-state index is 5.62. The van der Waals surface area contributed by atoms with E-state index in [1.54, 1.807) is 20.4 Å². The van der Waals surface area contributed by atoms with Gasteiger partial charge in [0.1, 0.15) is 0 Å². The van der Waals surface area contributed by atoms with E-state index in [0.717, 1.165) is 17.9 Å². The van der Waals surface area contributed by atoms with E-state index in [0.29, 0.717) is 19.8 Å². The van der Waals surface area contributed by atoms with Crippen LogP contribution in [0.5, 0.6) is 0 Å². The van der Waals surface area contributed by atoms with Crippen LogP contribution >= 0.6 is 0 Å². The Bertz CT molecular complexity index is 347. The van der Waals surface area contributed by atoms with Gasteiger partial charge in [0, 0.05) is 45.2 Å². The van der Waals surface area contributed by atoms with Crippen molar-refractivity contribution in [3.8, 4) is 0 Å². The molecular weight excluding hydrogens is 230 g/mol. The molecule has 5 heteroatoms. The molecule has 1 rings (SSSR count). The van der Waals surface area contributed by atoms with Gasteiger partial charge in [0.15, 0.2) is 0 Å². The van der Waals surface area contributed by atoms with Crippen LogP contribution in [0.3, 0.4) is 0 Å². The molecule has 5 nitrogen and oxygen atoms in total. The van der Waals surface area contributed by atoms with E-state index in [1.165, 1.54) is 0 Å². The van der Waals surface area contributed by atoms with Gasteiger partial charge in [0.05, 0.1) is 18.9 Å². The summed E-state index contributed by atoms with van der Waals surface area (Å²) in [4.78, 5) is 6.46. The van der Waals surface area contributed by atoms with Crippen molar-refractivity contribution in [3.05, 3.63) is 24.0 Å². The molecule has 0 aromatic carbocycles. The molecule has 1 aromatic rings. The smallest absolute Gasteiger partial charge is 0.0663 e. The van der Waals surface area contributed by atoms with E-state index in [2.05, 4.69) is 16.8 Å². The molecule has 0 spiro atoms. The highest BCUT2D eigenvalue weighted by Crippen LogP contribution is 2.17. The molecule has 18 heavy (non-hydrogen) atoms. The molecule has 0 aliphatic heterocycles. The zero-order valence-electron chi connectivity index (χ0n) is 11.4. The van der Waals surface area contributed by atoms with Gasteiger partial charge < -0.3 is 20.1 Å². The van der Waals surface area contributed by atoms with Crippen molar-refractivity contribution in [1.82, 2.24) is 4.98 Å². The highest BCUT2D eigenvalue weighted by atomic mass is 16.5. The lowest BCUT2D eigenvalue weighted by molar-refractivity contribution is 0.171. The molecule has 0 amide bonds. The van der Waals surface area contributed by atoms with E-state index in [9.17, 15) is 0 Å². The molecule has 1 heterocycles. The fourth-order valence-electron chi connectivity index (χ4n) is 1.88. The van der Waals surface area contributed by atoms with Crippen molar-refractivity contribution in [2.45, 2.75) is 19.5 Å². The van der Waals surface area contributed by atoms with Crippen LogP contribution in [0, 0.1) is 0 Å². The molecule has 0 aliphatic rings. The Morgan fingerprint density at radius 1 is 1.39 bits per heavy atom. The number of nitrogens with two attached hydrogens (primary N) is 1.